The van der Waals surface area contributed by atoms with Gasteiger partial charge in [-0.15, -0.1) is 0 Å². The van der Waals surface area contributed by atoms with Crippen molar-refractivity contribution >= 4 is 12.1 Å². The fourth-order valence-corrected chi connectivity index (χ4v) is 1.14. The number of ether oxygens (including phenoxy) is 2. The number of carbonyl (C=O) groups excluding carboxylic acids is 1. The van der Waals surface area contributed by atoms with Gasteiger partial charge in [-0.25, -0.2) is 9.59 Å². The van der Waals surface area contributed by atoms with Gasteiger partial charge in [0.25, 0.3) is 0 Å². The summed E-state index contributed by atoms with van der Waals surface area (Å²) in [5.41, 5.74) is -1.14. The minimum atomic E-state index is -1.13. The summed E-state index contributed by atoms with van der Waals surface area (Å²) in [6.45, 7) is 10.5. The van der Waals surface area contributed by atoms with Gasteiger partial charge in [-0.2, -0.15) is 0 Å². The Bertz CT molecular complexity index is 327. The van der Waals surface area contributed by atoms with E-state index in [1.54, 1.807) is 20.8 Å². The number of aliphatic carboxylic acids is 1. The third-order valence-corrected chi connectivity index (χ3v) is 2.11. The number of amides is 1. The van der Waals surface area contributed by atoms with E-state index < -0.39 is 29.3 Å². The van der Waals surface area contributed by atoms with Crippen LogP contribution in [0.2, 0.25) is 0 Å². The number of nitrogens with zero attached hydrogens (tertiary/aromatic N) is 1. The summed E-state index contributed by atoms with van der Waals surface area (Å²) in [4.78, 5) is 24.1. The number of hydrogen-bond acceptors (Lipinski definition) is 4. The van der Waals surface area contributed by atoms with Crippen LogP contribution in [0.5, 0.6) is 0 Å². The molecule has 0 aliphatic carbocycles. The van der Waals surface area contributed by atoms with Crippen molar-refractivity contribution in [3.63, 3.8) is 0 Å². The Morgan fingerprint density at radius 1 is 1.11 bits per heavy atom. The molecule has 0 aliphatic rings. The molecule has 0 bridgehead atoms. The second-order valence-corrected chi connectivity index (χ2v) is 6.37. The molecule has 0 aromatic rings. The number of carboxylic acid groups (broad SMARTS) is 1. The maximum atomic E-state index is 11.8. The first-order chi connectivity index (χ1) is 8.33. The Morgan fingerprint density at radius 3 is 1.89 bits per heavy atom. The first kappa shape index (κ1) is 17.7. The van der Waals surface area contributed by atoms with E-state index in [0.29, 0.717) is 0 Å². The van der Waals surface area contributed by atoms with E-state index in [4.69, 9.17) is 14.6 Å². The zero-order valence-corrected chi connectivity index (χ0v) is 12.8. The van der Waals surface area contributed by atoms with Crippen LogP contribution in [-0.2, 0) is 14.3 Å². The molecule has 1 N–H and O–H groups in total. The zero-order valence-electron chi connectivity index (χ0n) is 12.8. The highest BCUT2D eigenvalue weighted by molar-refractivity contribution is 5.80. The number of carboxylic acids is 1. The Morgan fingerprint density at radius 2 is 1.58 bits per heavy atom. The molecule has 0 saturated heterocycles. The van der Waals surface area contributed by atoms with Gasteiger partial charge in [0.15, 0.2) is 6.04 Å². The molecule has 0 rings (SSSR count). The Kier molecular flexibility index (Phi) is 5.81. The van der Waals surface area contributed by atoms with Crippen LogP contribution in [0, 0.1) is 0 Å². The lowest BCUT2D eigenvalue weighted by Crippen LogP contribution is -2.48. The fraction of sp³-hybridized carbons (Fsp3) is 0.846. The molecule has 0 unspecified atom stereocenters. The lowest BCUT2D eigenvalue weighted by atomic mass is 10.2. The van der Waals surface area contributed by atoms with Gasteiger partial charge in [-0.3, -0.25) is 4.90 Å². The molecular formula is C13H25NO5. The van der Waals surface area contributed by atoms with Gasteiger partial charge in [-0.05, 0) is 41.5 Å². The van der Waals surface area contributed by atoms with Gasteiger partial charge < -0.3 is 14.6 Å². The van der Waals surface area contributed by atoms with Gasteiger partial charge in [-0.1, -0.05) is 0 Å². The van der Waals surface area contributed by atoms with E-state index in [1.165, 1.54) is 7.05 Å². The molecule has 0 aliphatic heterocycles. The van der Waals surface area contributed by atoms with E-state index >= 15 is 0 Å². The highest BCUT2D eigenvalue weighted by Gasteiger charge is 2.31. The van der Waals surface area contributed by atoms with Crippen molar-refractivity contribution in [2.75, 3.05) is 13.7 Å². The van der Waals surface area contributed by atoms with Crippen LogP contribution in [0.3, 0.4) is 0 Å². The molecule has 0 saturated carbocycles. The molecule has 0 aromatic carbocycles. The van der Waals surface area contributed by atoms with Gasteiger partial charge in [0.05, 0.1) is 12.2 Å². The van der Waals surface area contributed by atoms with Crippen molar-refractivity contribution in [3.05, 3.63) is 0 Å². The molecule has 0 fully saturated rings. The first-order valence-corrected chi connectivity index (χ1v) is 6.16. The minimum Gasteiger partial charge on any atom is -0.480 e. The molecule has 112 valence electrons. The van der Waals surface area contributed by atoms with Crippen LogP contribution < -0.4 is 0 Å². The normalized spacial score (nSPS) is 13.8. The van der Waals surface area contributed by atoms with Crippen LogP contribution in [0.15, 0.2) is 0 Å². The summed E-state index contributed by atoms with van der Waals surface area (Å²) in [5.74, 6) is -1.13. The van der Waals surface area contributed by atoms with Crippen molar-refractivity contribution in [1.82, 2.24) is 4.90 Å². The zero-order chi connectivity index (χ0) is 15.4. The molecule has 0 spiro atoms. The van der Waals surface area contributed by atoms with Gasteiger partial charge >= 0.3 is 12.1 Å². The number of hydrogen-bond donors (Lipinski definition) is 1. The number of rotatable bonds is 4. The molecular weight excluding hydrogens is 250 g/mol. The minimum absolute atomic E-state index is 0.0887. The Hall–Kier alpha value is -1.30. The predicted octanol–water partition coefficient (Wildman–Crippen LogP) is 2.12. The summed E-state index contributed by atoms with van der Waals surface area (Å²) in [6.07, 6.45) is -0.683. The molecule has 0 aromatic heterocycles. The molecule has 6 heteroatoms. The summed E-state index contributed by atoms with van der Waals surface area (Å²) in [6, 6.07) is -1.07. The third-order valence-electron chi connectivity index (χ3n) is 2.11. The van der Waals surface area contributed by atoms with Gasteiger partial charge in [0, 0.05) is 7.05 Å². The summed E-state index contributed by atoms with van der Waals surface area (Å²) in [5, 5.41) is 9.16. The molecule has 1 amide bonds. The van der Waals surface area contributed by atoms with Crippen LogP contribution in [0.1, 0.15) is 41.5 Å². The van der Waals surface area contributed by atoms with Crippen LogP contribution in [0.25, 0.3) is 0 Å². The Labute approximate surface area is 114 Å². The van der Waals surface area contributed by atoms with Crippen LogP contribution in [0.4, 0.5) is 4.79 Å². The standard InChI is InChI=1S/C13H25NO5/c1-12(2,3)18-8-9(10(15)16)14(7)11(17)19-13(4,5)6/h9H,8H2,1-7H3,(H,15,16)/t9-/m1/s1. The highest BCUT2D eigenvalue weighted by atomic mass is 16.6. The lowest BCUT2D eigenvalue weighted by Gasteiger charge is -2.30. The lowest BCUT2D eigenvalue weighted by molar-refractivity contribution is -0.147. The van der Waals surface area contributed by atoms with E-state index in [0.717, 1.165) is 4.90 Å². The van der Waals surface area contributed by atoms with Gasteiger partial charge in [0.2, 0.25) is 0 Å². The van der Waals surface area contributed by atoms with Crippen LogP contribution >= 0.6 is 0 Å². The van der Waals surface area contributed by atoms with E-state index in [9.17, 15) is 9.59 Å². The number of likely N-dealkylation sites (N-methyl/N-ethyl adjacent to an activating group) is 1. The maximum absolute atomic E-state index is 11.8. The van der Waals surface area contributed by atoms with Crippen molar-refractivity contribution in [2.24, 2.45) is 0 Å². The number of carbonyl (C=O) groups is 2. The average molecular weight is 275 g/mol. The average Bonchev–Trinajstić information content (AvgIpc) is 2.12. The fourth-order valence-electron chi connectivity index (χ4n) is 1.14. The summed E-state index contributed by atoms with van der Waals surface area (Å²) < 4.78 is 10.6. The SMILES string of the molecule is CN(C(=O)OC(C)(C)C)[C@H](COC(C)(C)C)C(=O)O. The van der Waals surface area contributed by atoms with Crippen LogP contribution in [-0.4, -0.2) is 53.0 Å². The van der Waals surface area contributed by atoms with E-state index in [2.05, 4.69) is 0 Å². The van der Waals surface area contributed by atoms with Gasteiger partial charge in [0.1, 0.15) is 5.60 Å². The van der Waals surface area contributed by atoms with Crippen molar-refractivity contribution < 1.29 is 24.2 Å². The van der Waals surface area contributed by atoms with Crippen molar-refractivity contribution in [1.29, 1.82) is 0 Å². The highest BCUT2D eigenvalue weighted by Crippen LogP contribution is 2.13. The Balaban J connectivity index is 4.71. The molecule has 19 heavy (non-hydrogen) atoms. The molecule has 0 radical (unpaired) electrons. The van der Waals surface area contributed by atoms with Crippen molar-refractivity contribution in [3.8, 4) is 0 Å². The maximum Gasteiger partial charge on any atom is 0.410 e. The molecule has 1 atom stereocenters. The van der Waals surface area contributed by atoms with Crippen molar-refractivity contribution in [2.45, 2.75) is 58.8 Å². The summed E-state index contributed by atoms with van der Waals surface area (Å²) in [7, 11) is 1.39. The second kappa shape index (κ2) is 6.23. The molecule has 0 heterocycles. The van der Waals surface area contributed by atoms with E-state index in [-0.39, 0.29) is 6.61 Å². The molecule has 6 nitrogen and oxygen atoms in total. The quantitative estimate of drug-likeness (QED) is 0.850. The van der Waals surface area contributed by atoms with E-state index in [1.807, 2.05) is 20.8 Å². The largest absolute Gasteiger partial charge is 0.480 e. The first-order valence-electron chi connectivity index (χ1n) is 6.16. The second-order valence-electron chi connectivity index (χ2n) is 6.37. The topological polar surface area (TPSA) is 76.1 Å². The summed E-state index contributed by atoms with van der Waals surface area (Å²) >= 11 is 0. The monoisotopic (exact) mass is 275 g/mol. The third kappa shape index (κ3) is 7.66. The smallest absolute Gasteiger partial charge is 0.410 e. The predicted molar refractivity (Wildman–Crippen MR) is 71.1 cm³/mol.